The third kappa shape index (κ3) is 5.11. The van der Waals surface area contributed by atoms with Gasteiger partial charge in [0, 0.05) is 23.0 Å². The third-order valence-electron chi connectivity index (χ3n) is 11.2. The van der Waals surface area contributed by atoms with Crippen molar-refractivity contribution < 1.29 is 33.8 Å². The van der Waals surface area contributed by atoms with Gasteiger partial charge in [-0.1, -0.05) is 65.7 Å². The number of halogens is 2. The van der Waals surface area contributed by atoms with E-state index in [9.17, 15) is 29.0 Å². The Bertz CT molecular complexity index is 2100. The SMILES string of the molecule is O=C1[C@H]2[C@H](CC=C3[C@H]2C[C@H]2C(=O)N(Nc4ccc(F)cc4)C(=O)[C@@]2(c2ccc(Cl)cc2)[C@H]3c2ccccc2O)C(=O)N1CCc1ccc(O)cc1. The summed E-state index contributed by atoms with van der Waals surface area (Å²) in [7, 11) is 0. The van der Waals surface area contributed by atoms with E-state index in [1.165, 1.54) is 35.2 Å². The highest BCUT2D eigenvalue weighted by Gasteiger charge is 2.70. The van der Waals surface area contributed by atoms with E-state index in [2.05, 4.69) is 5.43 Å². The van der Waals surface area contributed by atoms with Crippen molar-refractivity contribution in [2.45, 2.75) is 30.6 Å². The molecule has 3 fully saturated rings. The van der Waals surface area contributed by atoms with Crippen LogP contribution >= 0.6 is 11.6 Å². The van der Waals surface area contributed by atoms with Crippen LogP contribution in [-0.4, -0.2) is 50.3 Å². The van der Waals surface area contributed by atoms with Gasteiger partial charge >= 0.3 is 0 Å². The molecule has 258 valence electrons. The average molecular weight is 706 g/mol. The first-order chi connectivity index (χ1) is 24.6. The Morgan fingerprint density at radius 1 is 0.824 bits per heavy atom. The minimum absolute atomic E-state index is 0.0761. The van der Waals surface area contributed by atoms with Crippen LogP contribution in [0.5, 0.6) is 11.5 Å². The maximum atomic E-state index is 15.1. The van der Waals surface area contributed by atoms with Crippen LogP contribution in [0.3, 0.4) is 0 Å². The summed E-state index contributed by atoms with van der Waals surface area (Å²) in [6.45, 7) is 0.158. The van der Waals surface area contributed by atoms with Crippen molar-refractivity contribution >= 4 is 40.9 Å². The van der Waals surface area contributed by atoms with Crippen LogP contribution in [0, 0.1) is 29.5 Å². The minimum atomic E-state index is -1.58. The van der Waals surface area contributed by atoms with Gasteiger partial charge in [-0.05, 0) is 90.9 Å². The Kier molecular flexibility index (Phi) is 7.94. The number of phenolic OH excluding ortho intramolecular Hbond substituents is 2. The van der Waals surface area contributed by atoms with E-state index in [0.717, 1.165) is 16.1 Å². The van der Waals surface area contributed by atoms with E-state index in [1.807, 2.05) is 6.08 Å². The number of anilines is 1. The number of benzene rings is 4. The summed E-state index contributed by atoms with van der Waals surface area (Å²) in [5.74, 6) is -6.05. The van der Waals surface area contributed by atoms with Gasteiger partial charge in [0.2, 0.25) is 11.8 Å². The quantitative estimate of drug-likeness (QED) is 0.156. The molecule has 11 heteroatoms. The number of hydrazine groups is 1. The molecule has 8 rings (SSSR count). The number of nitrogens with zero attached hydrogens (tertiary/aromatic N) is 2. The second-order valence-corrected chi connectivity index (χ2v) is 14.1. The molecular formula is C40H33ClFN3O6. The summed E-state index contributed by atoms with van der Waals surface area (Å²) in [5, 5.41) is 22.5. The molecule has 0 unspecified atom stereocenters. The number of imide groups is 2. The van der Waals surface area contributed by atoms with Crippen molar-refractivity contribution in [2.24, 2.45) is 23.7 Å². The number of para-hydroxylation sites is 1. The fraction of sp³-hybridized carbons (Fsp3) is 0.250. The Balaban J connectivity index is 1.25. The number of rotatable bonds is 7. The topological polar surface area (TPSA) is 127 Å². The van der Waals surface area contributed by atoms with Crippen LogP contribution in [0.4, 0.5) is 10.1 Å². The maximum Gasteiger partial charge on any atom is 0.260 e. The predicted molar refractivity (Wildman–Crippen MR) is 186 cm³/mol. The van der Waals surface area contributed by atoms with Crippen molar-refractivity contribution in [3.8, 4) is 11.5 Å². The molecule has 2 aliphatic heterocycles. The largest absolute Gasteiger partial charge is 0.508 e. The predicted octanol–water partition coefficient (Wildman–Crippen LogP) is 6.12. The minimum Gasteiger partial charge on any atom is -0.508 e. The van der Waals surface area contributed by atoms with Gasteiger partial charge in [-0.15, -0.1) is 0 Å². The van der Waals surface area contributed by atoms with Crippen LogP contribution in [-0.2, 0) is 31.0 Å². The van der Waals surface area contributed by atoms with E-state index in [1.54, 1.807) is 66.7 Å². The zero-order valence-corrected chi connectivity index (χ0v) is 28.0. The number of carbonyl (C=O) groups excluding carboxylic acids is 4. The Morgan fingerprint density at radius 3 is 2.24 bits per heavy atom. The molecule has 1 saturated carbocycles. The molecule has 51 heavy (non-hydrogen) atoms. The smallest absolute Gasteiger partial charge is 0.260 e. The summed E-state index contributed by atoms with van der Waals surface area (Å²) in [6, 6.07) is 25.3. The Morgan fingerprint density at radius 2 is 1.53 bits per heavy atom. The van der Waals surface area contributed by atoms with Crippen molar-refractivity contribution in [3.63, 3.8) is 0 Å². The van der Waals surface area contributed by atoms with Gasteiger partial charge in [0.25, 0.3) is 11.8 Å². The molecular weight excluding hydrogens is 673 g/mol. The normalized spacial score (nSPS) is 26.9. The highest BCUT2D eigenvalue weighted by atomic mass is 35.5. The number of carbonyl (C=O) groups is 4. The number of likely N-dealkylation sites (tertiary alicyclic amines) is 1. The second kappa shape index (κ2) is 12.4. The summed E-state index contributed by atoms with van der Waals surface area (Å²) in [4.78, 5) is 59.3. The van der Waals surface area contributed by atoms with Crippen LogP contribution in [0.2, 0.25) is 5.02 Å². The summed E-state index contributed by atoms with van der Waals surface area (Å²) < 4.78 is 13.8. The average Bonchev–Trinajstić information content (AvgIpc) is 3.50. The number of hydrogen-bond donors (Lipinski definition) is 3. The van der Waals surface area contributed by atoms with E-state index in [0.29, 0.717) is 28.3 Å². The monoisotopic (exact) mass is 705 g/mol. The van der Waals surface area contributed by atoms with E-state index in [-0.39, 0.29) is 42.7 Å². The molecule has 0 bridgehead atoms. The first-order valence-corrected chi connectivity index (χ1v) is 17.2. The lowest BCUT2D eigenvalue weighted by Crippen LogP contribution is -2.53. The maximum absolute atomic E-state index is 15.1. The number of aromatic hydroxyl groups is 2. The van der Waals surface area contributed by atoms with E-state index >= 15 is 4.79 Å². The van der Waals surface area contributed by atoms with Crippen molar-refractivity contribution in [2.75, 3.05) is 12.0 Å². The third-order valence-corrected chi connectivity index (χ3v) is 11.4. The van der Waals surface area contributed by atoms with Gasteiger partial charge in [-0.3, -0.25) is 29.5 Å². The van der Waals surface area contributed by atoms with Crippen molar-refractivity contribution in [1.29, 1.82) is 0 Å². The van der Waals surface area contributed by atoms with Gasteiger partial charge in [0.1, 0.15) is 17.3 Å². The fourth-order valence-electron chi connectivity index (χ4n) is 8.92. The molecule has 6 atom stereocenters. The zero-order valence-electron chi connectivity index (χ0n) is 27.2. The second-order valence-electron chi connectivity index (χ2n) is 13.7. The van der Waals surface area contributed by atoms with Crippen molar-refractivity contribution in [3.05, 3.63) is 136 Å². The molecule has 9 nitrogen and oxygen atoms in total. The molecule has 3 N–H and O–H groups in total. The Labute approximate surface area is 297 Å². The van der Waals surface area contributed by atoms with Crippen molar-refractivity contribution in [1.82, 2.24) is 9.91 Å². The van der Waals surface area contributed by atoms with Gasteiger partial charge in [-0.2, -0.15) is 5.01 Å². The van der Waals surface area contributed by atoms with Crippen LogP contribution in [0.25, 0.3) is 0 Å². The number of fused-ring (bicyclic) bond motifs is 4. The van der Waals surface area contributed by atoms with Gasteiger partial charge in [-0.25, -0.2) is 4.39 Å². The lowest BCUT2D eigenvalue weighted by molar-refractivity contribution is -0.141. The lowest BCUT2D eigenvalue weighted by Gasteiger charge is -2.50. The zero-order chi connectivity index (χ0) is 35.6. The van der Waals surface area contributed by atoms with Crippen LogP contribution < -0.4 is 5.43 Å². The first kappa shape index (κ1) is 32.7. The number of hydrogen-bond acceptors (Lipinski definition) is 7. The molecule has 2 aliphatic carbocycles. The number of allylic oxidation sites excluding steroid dienone is 2. The molecule has 4 aromatic rings. The molecule has 0 radical (unpaired) electrons. The van der Waals surface area contributed by atoms with Gasteiger partial charge in [0.15, 0.2) is 0 Å². The molecule has 2 heterocycles. The number of nitrogens with one attached hydrogen (secondary N) is 1. The summed E-state index contributed by atoms with van der Waals surface area (Å²) >= 11 is 6.33. The molecule has 4 aromatic carbocycles. The number of amides is 4. The van der Waals surface area contributed by atoms with Gasteiger partial charge < -0.3 is 10.2 Å². The standard InChI is InChI=1S/C40H33ClFN3O6/c41-24-9-7-23(8-10-24)40-32(37(49)45(39(40)51)43-26-13-11-25(42)12-14-26)21-31-28(35(40)29-3-1-2-4-33(29)47)17-18-30-34(31)38(50)44(36(30)48)20-19-22-5-15-27(46)16-6-22/h1-17,30-32,34-35,43,46-47H,18-21H2/t30-,31+,32-,34-,35+,40+/m0/s1. The Hall–Kier alpha value is -5.48. The summed E-state index contributed by atoms with van der Waals surface area (Å²) in [6.07, 6.45) is 2.68. The fourth-order valence-corrected chi connectivity index (χ4v) is 9.05. The highest BCUT2D eigenvalue weighted by molar-refractivity contribution is 6.30. The van der Waals surface area contributed by atoms with Gasteiger partial charge in [0.05, 0.1) is 28.9 Å². The molecule has 2 saturated heterocycles. The van der Waals surface area contributed by atoms with Crippen LogP contribution in [0.1, 0.15) is 35.4 Å². The highest BCUT2D eigenvalue weighted by Crippen LogP contribution is 2.64. The van der Waals surface area contributed by atoms with Crippen LogP contribution in [0.15, 0.2) is 109 Å². The molecule has 4 amide bonds. The molecule has 4 aliphatic rings. The van der Waals surface area contributed by atoms with E-state index < -0.39 is 52.6 Å². The summed E-state index contributed by atoms with van der Waals surface area (Å²) in [5.41, 5.74) is 4.16. The number of phenols is 2. The molecule has 0 aromatic heterocycles. The first-order valence-electron chi connectivity index (χ1n) is 16.9. The van der Waals surface area contributed by atoms with E-state index in [4.69, 9.17) is 11.6 Å². The molecule has 0 spiro atoms. The lowest BCUT2D eigenvalue weighted by atomic mass is 9.49.